The number of esters is 1. The van der Waals surface area contributed by atoms with Crippen LogP contribution in [0.5, 0.6) is 0 Å². The van der Waals surface area contributed by atoms with Crippen molar-refractivity contribution >= 4 is 35.1 Å². The highest BCUT2D eigenvalue weighted by Crippen LogP contribution is 2.26. The van der Waals surface area contributed by atoms with Gasteiger partial charge in [0.15, 0.2) is 6.61 Å². The largest absolute Gasteiger partial charge is 0.452 e. The van der Waals surface area contributed by atoms with Crippen LogP contribution in [-0.2, 0) is 19.1 Å². The van der Waals surface area contributed by atoms with Crippen molar-refractivity contribution < 1.29 is 23.9 Å². The maximum Gasteiger partial charge on any atom is 0.338 e. The maximum absolute atomic E-state index is 12.2. The predicted molar refractivity (Wildman–Crippen MR) is 112 cm³/mol. The molecular weight excluding hydrogens is 384 g/mol. The van der Waals surface area contributed by atoms with Crippen LogP contribution in [0.25, 0.3) is 0 Å². The van der Waals surface area contributed by atoms with Gasteiger partial charge in [-0.2, -0.15) is 0 Å². The van der Waals surface area contributed by atoms with Gasteiger partial charge >= 0.3 is 5.97 Å². The Morgan fingerprint density at radius 3 is 2.30 bits per heavy atom. The number of benzene rings is 2. The lowest BCUT2D eigenvalue weighted by Gasteiger charge is -2.16. The number of nitrogens with one attached hydrogen (secondary N) is 1. The summed E-state index contributed by atoms with van der Waals surface area (Å²) >= 11 is 0. The molecular formula is C23H24N2O5. The van der Waals surface area contributed by atoms with Crippen LogP contribution in [0.3, 0.4) is 0 Å². The molecule has 30 heavy (non-hydrogen) atoms. The molecule has 156 valence electrons. The first-order chi connectivity index (χ1) is 14.4. The third-order valence-electron chi connectivity index (χ3n) is 5.13. The lowest BCUT2D eigenvalue weighted by atomic mass is 9.97. The van der Waals surface area contributed by atoms with Crippen molar-refractivity contribution in [3.63, 3.8) is 0 Å². The maximum atomic E-state index is 12.2. The van der Waals surface area contributed by atoms with E-state index in [-0.39, 0.29) is 36.1 Å². The minimum Gasteiger partial charge on any atom is -0.452 e. The van der Waals surface area contributed by atoms with Gasteiger partial charge in [0.05, 0.1) is 11.3 Å². The Morgan fingerprint density at radius 2 is 1.67 bits per heavy atom. The summed E-state index contributed by atoms with van der Waals surface area (Å²) in [5.41, 5.74) is 2.38. The van der Waals surface area contributed by atoms with Gasteiger partial charge in [-0.15, -0.1) is 0 Å². The summed E-state index contributed by atoms with van der Waals surface area (Å²) in [4.78, 5) is 49.2. The number of rotatable bonds is 7. The monoisotopic (exact) mass is 408 g/mol. The quantitative estimate of drug-likeness (QED) is 0.558. The van der Waals surface area contributed by atoms with Crippen LogP contribution in [0.2, 0.25) is 0 Å². The number of amides is 3. The van der Waals surface area contributed by atoms with Crippen molar-refractivity contribution in [1.29, 1.82) is 0 Å². The molecule has 2 aromatic carbocycles. The first-order valence-electron chi connectivity index (χ1n) is 9.92. The summed E-state index contributed by atoms with van der Waals surface area (Å²) in [6.07, 6.45) is 1.32. The zero-order valence-electron chi connectivity index (χ0n) is 17.0. The molecule has 7 nitrogen and oxygen atoms in total. The molecule has 1 aliphatic heterocycles. The fourth-order valence-corrected chi connectivity index (χ4v) is 3.27. The number of anilines is 2. The van der Waals surface area contributed by atoms with E-state index in [4.69, 9.17) is 4.74 Å². The molecule has 1 saturated heterocycles. The minimum atomic E-state index is -0.661. The van der Waals surface area contributed by atoms with E-state index in [1.807, 2.05) is 24.3 Å². The summed E-state index contributed by atoms with van der Waals surface area (Å²) in [6, 6.07) is 13.5. The molecule has 1 heterocycles. The van der Waals surface area contributed by atoms with Crippen LogP contribution >= 0.6 is 0 Å². The van der Waals surface area contributed by atoms with Crippen LogP contribution in [0.15, 0.2) is 48.5 Å². The number of hydrogen-bond acceptors (Lipinski definition) is 5. The van der Waals surface area contributed by atoms with E-state index in [2.05, 4.69) is 19.2 Å². The Bertz CT molecular complexity index is 952. The number of carbonyl (C=O) groups is 4. The number of carbonyl (C=O) groups excluding carboxylic acids is 4. The summed E-state index contributed by atoms with van der Waals surface area (Å²) in [6.45, 7) is 3.74. The van der Waals surface area contributed by atoms with E-state index in [1.165, 1.54) is 24.3 Å². The van der Waals surface area contributed by atoms with Gasteiger partial charge in [-0.1, -0.05) is 32.0 Å². The van der Waals surface area contributed by atoms with Gasteiger partial charge in [0.25, 0.3) is 5.91 Å². The zero-order valence-corrected chi connectivity index (χ0v) is 17.0. The molecule has 0 bridgehead atoms. The molecule has 0 radical (unpaired) electrons. The molecule has 1 fully saturated rings. The van der Waals surface area contributed by atoms with Crippen LogP contribution in [0.1, 0.15) is 54.9 Å². The fourth-order valence-electron chi connectivity index (χ4n) is 3.27. The second kappa shape index (κ2) is 9.35. The van der Waals surface area contributed by atoms with Gasteiger partial charge < -0.3 is 10.1 Å². The Morgan fingerprint density at radius 1 is 1.03 bits per heavy atom. The summed E-state index contributed by atoms with van der Waals surface area (Å²) in [5.74, 6) is -1.32. The Kier molecular flexibility index (Phi) is 6.61. The van der Waals surface area contributed by atoms with E-state index in [1.54, 1.807) is 0 Å². The van der Waals surface area contributed by atoms with E-state index in [0.29, 0.717) is 11.4 Å². The van der Waals surface area contributed by atoms with E-state index >= 15 is 0 Å². The second-order valence-electron chi connectivity index (χ2n) is 7.19. The average Bonchev–Trinajstić information content (AvgIpc) is 3.10. The standard InChI is InChI=1S/C23H24N2O5/c1-3-15(2)18-6-4-5-7-19(18)24-20(26)14-30-23(29)16-8-10-17(11-9-16)25-21(27)12-13-22(25)28/h4-11,15H,3,12-14H2,1-2H3,(H,24,26)/t15-/m1/s1. The lowest BCUT2D eigenvalue weighted by molar-refractivity contribution is -0.121. The molecule has 0 aromatic heterocycles. The highest BCUT2D eigenvalue weighted by Gasteiger charge is 2.30. The van der Waals surface area contributed by atoms with Gasteiger partial charge in [-0.05, 0) is 48.2 Å². The molecule has 1 atom stereocenters. The SMILES string of the molecule is CC[C@@H](C)c1ccccc1NC(=O)COC(=O)c1ccc(N2C(=O)CCC2=O)cc1. The Labute approximate surface area is 175 Å². The van der Waals surface area contributed by atoms with Crippen LogP contribution < -0.4 is 10.2 Å². The number of ether oxygens (including phenoxy) is 1. The zero-order chi connectivity index (χ0) is 21.7. The van der Waals surface area contributed by atoms with Crippen LogP contribution in [-0.4, -0.2) is 30.3 Å². The summed E-state index contributed by atoms with van der Waals surface area (Å²) in [7, 11) is 0. The Balaban J connectivity index is 1.57. The van der Waals surface area contributed by atoms with Crippen molar-refractivity contribution in [3.8, 4) is 0 Å². The normalized spacial score (nSPS) is 14.5. The number of para-hydroxylation sites is 1. The van der Waals surface area contributed by atoms with Crippen molar-refractivity contribution in [1.82, 2.24) is 0 Å². The minimum absolute atomic E-state index is 0.192. The Hall–Kier alpha value is -3.48. The molecule has 1 aliphatic rings. The van der Waals surface area contributed by atoms with Gasteiger partial charge in [0.2, 0.25) is 11.8 Å². The number of imide groups is 1. The van der Waals surface area contributed by atoms with Gasteiger partial charge in [0.1, 0.15) is 0 Å². The molecule has 0 aliphatic carbocycles. The van der Waals surface area contributed by atoms with Gasteiger partial charge in [0, 0.05) is 18.5 Å². The third-order valence-corrected chi connectivity index (χ3v) is 5.13. The third kappa shape index (κ3) is 4.74. The van der Waals surface area contributed by atoms with E-state index in [9.17, 15) is 19.2 Å². The highest BCUT2D eigenvalue weighted by molar-refractivity contribution is 6.19. The van der Waals surface area contributed by atoms with Crippen molar-refractivity contribution in [3.05, 3.63) is 59.7 Å². The fraction of sp³-hybridized carbons (Fsp3) is 0.304. The van der Waals surface area contributed by atoms with E-state index < -0.39 is 18.5 Å². The predicted octanol–water partition coefficient (Wildman–Crippen LogP) is 3.65. The molecule has 3 amide bonds. The van der Waals surface area contributed by atoms with Gasteiger partial charge in [-0.3, -0.25) is 19.3 Å². The molecule has 0 unspecified atom stereocenters. The topological polar surface area (TPSA) is 92.8 Å². The van der Waals surface area contributed by atoms with Gasteiger partial charge in [-0.25, -0.2) is 4.79 Å². The molecule has 0 spiro atoms. The lowest BCUT2D eigenvalue weighted by Crippen LogP contribution is -2.28. The number of nitrogens with zero attached hydrogens (tertiary/aromatic N) is 1. The van der Waals surface area contributed by atoms with Crippen molar-refractivity contribution in [2.75, 3.05) is 16.8 Å². The summed E-state index contributed by atoms with van der Waals surface area (Å²) < 4.78 is 5.10. The molecule has 0 saturated carbocycles. The van der Waals surface area contributed by atoms with Crippen LogP contribution in [0, 0.1) is 0 Å². The smallest absolute Gasteiger partial charge is 0.338 e. The highest BCUT2D eigenvalue weighted by atomic mass is 16.5. The van der Waals surface area contributed by atoms with E-state index in [0.717, 1.165) is 16.9 Å². The average molecular weight is 408 g/mol. The number of hydrogen-bond donors (Lipinski definition) is 1. The second-order valence-corrected chi connectivity index (χ2v) is 7.19. The molecule has 1 N–H and O–H groups in total. The van der Waals surface area contributed by atoms with Crippen molar-refractivity contribution in [2.24, 2.45) is 0 Å². The molecule has 7 heteroatoms. The first kappa shape index (κ1) is 21.2. The van der Waals surface area contributed by atoms with Crippen LogP contribution in [0.4, 0.5) is 11.4 Å². The van der Waals surface area contributed by atoms with Crippen molar-refractivity contribution in [2.45, 2.75) is 39.0 Å². The molecule has 2 aromatic rings. The molecule has 3 rings (SSSR count). The first-order valence-corrected chi connectivity index (χ1v) is 9.92. The summed E-state index contributed by atoms with van der Waals surface area (Å²) in [5, 5.41) is 2.79.